The zero-order valence-corrected chi connectivity index (χ0v) is 12.3. The van der Waals surface area contributed by atoms with Gasteiger partial charge in [0.25, 0.3) is 0 Å². The molecule has 2 N–H and O–H groups in total. The summed E-state index contributed by atoms with van der Waals surface area (Å²) in [5.41, 5.74) is 2.11. The van der Waals surface area contributed by atoms with Gasteiger partial charge in [-0.25, -0.2) is 9.78 Å². The summed E-state index contributed by atoms with van der Waals surface area (Å²) < 4.78 is 10.0. The van der Waals surface area contributed by atoms with Crippen LogP contribution in [0, 0.1) is 6.92 Å². The maximum atomic E-state index is 11.9. The molecule has 2 amide bonds. The molecule has 0 aliphatic rings. The fourth-order valence-corrected chi connectivity index (χ4v) is 2.33. The van der Waals surface area contributed by atoms with Crippen LogP contribution in [0.15, 0.2) is 9.90 Å². The highest BCUT2D eigenvalue weighted by Crippen LogP contribution is 2.21. The highest BCUT2D eigenvalue weighted by atomic mass is 32.1. The predicted octanol–water partition coefficient (Wildman–Crippen LogP) is 2.79. The van der Waals surface area contributed by atoms with Crippen LogP contribution in [0.5, 0.6) is 0 Å². The minimum atomic E-state index is -0.371. The average molecular weight is 296 g/mol. The number of amides is 2. The number of nitrogens with one attached hydrogen (secondary N) is 2. The maximum Gasteiger partial charge on any atom is 0.325 e. The van der Waals surface area contributed by atoms with E-state index in [1.54, 1.807) is 14.0 Å². The summed E-state index contributed by atoms with van der Waals surface area (Å²) >= 11 is 1.34. The van der Waals surface area contributed by atoms with Crippen LogP contribution in [0.2, 0.25) is 0 Å². The van der Waals surface area contributed by atoms with Gasteiger partial charge in [0, 0.05) is 12.5 Å². The van der Waals surface area contributed by atoms with E-state index in [-0.39, 0.29) is 6.03 Å². The van der Waals surface area contributed by atoms with Crippen molar-refractivity contribution >= 4 is 28.2 Å². The second kappa shape index (κ2) is 6.49. The first-order valence-corrected chi connectivity index (χ1v) is 6.98. The van der Waals surface area contributed by atoms with Gasteiger partial charge < -0.3 is 14.6 Å². The zero-order valence-electron chi connectivity index (χ0n) is 11.5. The molecule has 0 unspecified atom stereocenters. The van der Waals surface area contributed by atoms with E-state index in [4.69, 9.17) is 9.26 Å². The number of ether oxygens (including phenoxy) is 1. The van der Waals surface area contributed by atoms with Crippen LogP contribution in [0.3, 0.4) is 0 Å². The number of carbonyl (C=O) groups is 1. The van der Waals surface area contributed by atoms with E-state index in [1.165, 1.54) is 11.3 Å². The predicted molar refractivity (Wildman–Crippen MR) is 76.1 cm³/mol. The van der Waals surface area contributed by atoms with Crippen molar-refractivity contribution in [3.05, 3.63) is 22.5 Å². The summed E-state index contributed by atoms with van der Waals surface area (Å²) in [5.74, 6) is 0.580. The first-order chi connectivity index (χ1) is 9.63. The summed E-state index contributed by atoms with van der Waals surface area (Å²) in [4.78, 5) is 16.1. The van der Waals surface area contributed by atoms with Crippen molar-refractivity contribution in [2.24, 2.45) is 0 Å². The monoisotopic (exact) mass is 296 g/mol. The molecule has 0 fully saturated rings. The standard InChI is InChI=1S/C12H16N4O3S/c1-4-9-10(7(2)19-16-9)14-11(17)15-12-13-8(5-18-3)6-20-12/h6H,4-5H2,1-3H3,(H2,13,14,15,17). The van der Waals surface area contributed by atoms with E-state index >= 15 is 0 Å². The summed E-state index contributed by atoms with van der Waals surface area (Å²) in [6.07, 6.45) is 0.683. The van der Waals surface area contributed by atoms with Crippen LogP contribution in [-0.4, -0.2) is 23.3 Å². The largest absolute Gasteiger partial charge is 0.378 e. The number of hydrogen-bond acceptors (Lipinski definition) is 6. The molecule has 108 valence electrons. The highest BCUT2D eigenvalue weighted by molar-refractivity contribution is 7.13. The van der Waals surface area contributed by atoms with Crippen LogP contribution >= 0.6 is 11.3 Å². The average Bonchev–Trinajstić information content (AvgIpc) is 2.98. The molecule has 2 heterocycles. The van der Waals surface area contributed by atoms with Gasteiger partial charge in [-0.05, 0) is 13.3 Å². The molecular formula is C12H16N4O3S. The number of thiazole rings is 1. The number of aryl methyl sites for hydroxylation is 2. The van der Waals surface area contributed by atoms with Crippen molar-refractivity contribution in [1.29, 1.82) is 0 Å². The smallest absolute Gasteiger partial charge is 0.325 e. The lowest BCUT2D eigenvalue weighted by atomic mass is 10.2. The molecule has 7 nitrogen and oxygen atoms in total. The van der Waals surface area contributed by atoms with E-state index in [9.17, 15) is 4.79 Å². The van der Waals surface area contributed by atoms with E-state index < -0.39 is 0 Å². The lowest BCUT2D eigenvalue weighted by Gasteiger charge is -2.04. The molecule has 20 heavy (non-hydrogen) atoms. The normalized spacial score (nSPS) is 10.6. The van der Waals surface area contributed by atoms with Crippen LogP contribution in [0.1, 0.15) is 24.1 Å². The van der Waals surface area contributed by atoms with Crippen LogP contribution in [0.25, 0.3) is 0 Å². The van der Waals surface area contributed by atoms with Gasteiger partial charge in [-0.1, -0.05) is 12.1 Å². The SMILES string of the molecule is CCc1noc(C)c1NC(=O)Nc1nc(COC)cs1. The van der Waals surface area contributed by atoms with Gasteiger partial charge in [-0.2, -0.15) is 0 Å². The number of anilines is 2. The molecule has 0 atom stereocenters. The van der Waals surface area contributed by atoms with Crippen molar-refractivity contribution in [3.63, 3.8) is 0 Å². The number of carbonyl (C=O) groups excluding carboxylic acids is 1. The van der Waals surface area contributed by atoms with Gasteiger partial charge >= 0.3 is 6.03 Å². The fourth-order valence-electron chi connectivity index (χ4n) is 1.64. The molecule has 0 saturated heterocycles. The molecule has 8 heteroatoms. The van der Waals surface area contributed by atoms with Crippen molar-refractivity contribution in [2.45, 2.75) is 26.9 Å². The van der Waals surface area contributed by atoms with E-state index in [1.807, 2.05) is 12.3 Å². The zero-order chi connectivity index (χ0) is 14.5. The van der Waals surface area contributed by atoms with Crippen LogP contribution in [-0.2, 0) is 17.8 Å². The number of nitrogens with zero attached hydrogens (tertiary/aromatic N) is 2. The Bertz CT molecular complexity index is 593. The van der Waals surface area contributed by atoms with Crippen molar-refractivity contribution in [2.75, 3.05) is 17.7 Å². The third kappa shape index (κ3) is 3.34. The Labute approximate surface area is 120 Å². The number of aromatic nitrogens is 2. The van der Waals surface area contributed by atoms with E-state index in [2.05, 4.69) is 20.8 Å². The molecule has 2 aromatic heterocycles. The Morgan fingerprint density at radius 2 is 2.30 bits per heavy atom. The Morgan fingerprint density at radius 3 is 3.00 bits per heavy atom. The number of rotatable bonds is 5. The lowest BCUT2D eigenvalue weighted by molar-refractivity contribution is 0.182. The third-order valence-corrected chi connectivity index (χ3v) is 3.38. The Kier molecular flexibility index (Phi) is 4.70. The molecule has 0 aliphatic heterocycles. The molecule has 2 rings (SSSR count). The first kappa shape index (κ1) is 14.5. The molecule has 0 bridgehead atoms. The summed E-state index contributed by atoms with van der Waals surface area (Å²) in [7, 11) is 1.60. The minimum absolute atomic E-state index is 0.371. The van der Waals surface area contributed by atoms with Gasteiger partial charge in [-0.15, -0.1) is 11.3 Å². The summed E-state index contributed by atoms with van der Waals surface area (Å²) in [5, 5.41) is 11.6. The molecule has 0 aliphatic carbocycles. The molecule has 2 aromatic rings. The summed E-state index contributed by atoms with van der Waals surface area (Å²) in [6.45, 7) is 4.12. The maximum absolute atomic E-state index is 11.9. The molecule has 0 saturated carbocycles. The third-order valence-electron chi connectivity index (χ3n) is 2.57. The number of urea groups is 1. The van der Waals surface area contributed by atoms with Gasteiger partial charge in [-0.3, -0.25) is 5.32 Å². The number of hydrogen-bond donors (Lipinski definition) is 2. The van der Waals surface area contributed by atoms with Crippen LogP contribution in [0.4, 0.5) is 15.6 Å². The molecule has 0 spiro atoms. The van der Waals surface area contributed by atoms with Gasteiger partial charge in [0.05, 0.1) is 12.3 Å². The van der Waals surface area contributed by atoms with Crippen molar-refractivity contribution in [3.8, 4) is 0 Å². The first-order valence-electron chi connectivity index (χ1n) is 6.10. The molecule has 0 radical (unpaired) electrons. The van der Waals surface area contributed by atoms with Gasteiger partial charge in [0.15, 0.2) is 10.9 Å². The summed E-state index contributed by atoms with van der Waals surface area (Å²) in [6, 6.07) is -0.371. The lowest BCUT2D eigenvalue weighted by Crippen LogP contribution is -2.20. The van der Waals surface area contributed by atoms with Gasteiger partial charge in [0.1, 0.15) is 11.4 Å². The van der Waals surface area contributed by atoms with Gasteiger partial charge in [0.2, 0.25) is 0 Å². The highest BCUT2D eigenvalue weighted by Gasteiger charge is 2.15. The second-order valence-corrected chi connectivity index (χ2v) is 4.93. The van der Waals surface area contributed by atoms with Crippen molar-refractivity contribution in [1.82, 2.24) is 10.1 Å². The fraction of sp³-hybridized carbons (Fsp3) is 0.417. The molecular weight excluding hydrogens is 280 g/mol. The van der Waals surface area contributed by atoms with E-state index in [0.717, 1.165) is 11.4 Å². The Balaban J connectivity index is 1.99. The quantitative estimate of drug-likeness (QED) is 0.885. The Morgan fingerprint density at radius 1 is 1.50 bits per heavy atom. The van der Waals surface area contributed by atoms with E-state index in [0.29, 0.717) is 29.6 Å². The van der Waals surface area contributed by atoms with Crippen LogP contribution < -0.4 is 10.6 Å². The Hall–Kier alpha value is -1.93. The molecule has 0 aromatic carbocycles. The number of methoxy groups -OCH3 is 1. The van der Waals surface area contributed by atoms with Crippen molar-refractivity contribution < 1.29 is 14.1 Å². The minimum Gasteiger partial charge on any atom is -0.378 e. The second-order valence-electron chi connectivity index (χ2n) is 4.07. The topological polar surface area (TPSA) is 89.3 Å².